The van der Waals surface area contributed by atoms with Crippen LogP contribution in [-0.2, 0) is 9.59 Å². The third-order valence-electron chi connectivity index (χ3n) is 4.77. The van der Waals surface area contributed by atoms with E-state index in [2.05, 4.69) is 9.97 Å². The summed E-state index contributed by atoms with van der Waals surface area (Å²) in [6.45, 7) is 2.34. The van der Waals surface area contributed by atoms with Gasteiger partial charge in [0.05, 0.1) is 12.8 Å². The van der Waals surface area contributed by atoms with E-state index in [4.69, 9.17) is 16.3 Å². The van der Waals surface area contributed by atoms with Crippen molar-refractivity contribution in [2.45, 2.75) is 0 Å². The van der Waals surface area contributed by atoms with Crippen LogP contribution in [0.2, 0.25) is 0 Å². The Hall–Kier alpha value is -3.13. The second-order valence-electron chi connectivity index (χ2n) is 6.33. The van der Waals surface area contributed by atoms with Crippen molar-refractivity contribution in [3.05, 3.63) is 53.5 Å². The maximum absolute atomic E-state index is 13.0. The molecule has 2 amide bonds. The average molecular weight is 400 g/mol. The first-order valence-corrected chi connectivity index (χ1v) is 9.17. The standard InChI is InChI=1S/C19H18ClN5O3/c1-28-14-5-3-13(4-6-14)25-17(26)15(20)16(18(25)27)23-9-11-24(12-10-23)19-21-7-2-8-22-19/h2-8H,9-12H2,1H3. The summed E-state index contributed by atoms with van der Waals surface area (Å²) >= 11 is 6.28. The predicted molar refractivity (Wildman–Crippen MR) is 104 cm³/mol. The highest BCUT2D eigenvalue weighted by atomic mass is 35.5. The summed E-state index contributed by atoms with van der Waals surface area (Å²) in [5.74, 6) is 0.363. The molecule has 0 saturated carbocycles. The lowest BCUT2D eigenvalue weighted by Gasteiger charge is -2.36. The van der Waals surface area contributed by atoms with Crippen LogP contribution in [0.5, 0.6) is 5.75 Å². The number of imide groups is 1. The number of amides is 2. The molecule has 1 aromatic heterocycles. The smallest absolute Gasteiger partial charge is 0.283 e. The third-order valence-corrected chi connectivity index (χ3v) is 5.11. The van der Waals surface area contributed by atoms with E-state index in [9.17, 15) is 9.59 Å². The zero-order chi connectivity index (χ0) is 19.7. The maximum atomic E-state index is 13.0. The molecule has 3 heterocycles. The first-order valence-electron chi connectivity index (χ1n) is 8.79. The molecular weight excluding hydrogens is 382 g/mol. The molecule has 0 aliphatic carbocycles. The van der Waals surface area contributed by atoms with Crippen molar-refractivity contribution in [3.8, 4) is 5.75 Å². The van der Waals surface area contributed by atoms with Crippen LogP contribution < -0.4 is 14.5 Å². The fourth-order valence-corrected chi connectivity index (χ4v) is 3.60. The van der Waals surface area contributed by atoms with Gasteiger partial charge in [-0.1, -0.05) is 11.6 Å². The Labute approximate surface area is 167 Å². The summed E-state index contributed by atoms with van der Waals surface area (Å²) in [5.41, 5.74) is 0.705. The van der Waals surface area contributed by atoms with E-state index in [0.29, 0.717) is 43.6 Å². The SMILES string of the molecule is COc1ccc(N2C(=O)C(Cl)=C(N3CCN(c4ncccn4)CC3)C2=O)cc1. The molecular formula is C19H18ClN5O3. The van der Waals surface area contributed by atoms with Crippen LogP contribution in [0.15, 0.2) is 53.5 Å². The van der Waals surface area contributed by atoms with Crippen molar-refractivity contribution in [2.75, 3.05) is 43.1 Å². The topological polar surface area (TPSA) is 78.9 Å². The van der Waals surface area contributed by atoms with E-state index >= 15 is 0 Å². The number of carbonyl (C=O) groups is 2. The Morgan fingerprint density at radius 1 is 0.929 bits per heavy atom. The molecule has 0 spiro atoms. The number of halogens is 1. The predicted octanol–water partition coefficient (Wildman–Crippen LogP) is 1.63. The normalized spacial score (nSPS) is 17.6. The lowest BCUT2D eigenvalue weighted by atomic mass is 10.2. The van der Waals surface area contributed by atoms with Crippen molar-refractivity contribution in [3.63, 3.8) is 0 Å². The van der Waals surface area contributed by atoms with Crippen LogP contribution in [-0.4, -0.2) is 60.0 Å². The molecule has 1 aromatic carbocycles. The van der Waals surface area contributed by atoms with Gasteiger partial charge in [0.1, 0.15) is 16.5 Å². The first kappa shape index (κ1) is 18.2. The monoisotopic (exact) mass is 399 g/mol. The average Bonchev–Trinajstić information content (AvgIpc) is 2.97. The van der Waals surface area contributed by atoms with Crippen molar-refractivity contribution in [2.24, 2.45) is 0 Å². The summed E-state index contributed by atoms with van der Waals surface area (Å²) < 4.78 is 5.12. The van der Waals surface area contributed by atoms with E-state index in [-0.39, 0.29) is 10.7 Å². The Balaban J connectivity index is 1.50. The second-order valence-corrected chi connectivity index (χ2v) is 6.71. The summed E-state index contributed by atoms with van der Waals surface area (Å²) in [4.78, 5) is 39.1. The Bertz CT molecular complexity index is 924. The number of carbonyl (C=O) groups excluding carboxylic acids is 2. The maximum Gasteiger partial charge on any atom is 0.283 e. The molecule has 0 radical (unpaired) electrons. The van der Waals surface area contributed by atoms with Crippen LogP contribution >= 0.6 is 11.6 Å². The first-order chi connectivity index (χ1) is 13.6. The Kier molecular flexibility index (Phi) is 4.87. The van der Waals surface area contributed by atoms with Crippen LogP contribution in [0.3, 0.4) is 0 Å². The zero-order valence-electron chi connectivity index (χ0n) is 15.2. The lowest BCUT2D eigenvalue weighted by Crippen LogP contribution is -2.48. The van der Waals surface area contributed by atoms with E-state index < -0.39 is 11.8 Å². The van der Waals surface area contributed by atoms with Crippen molar-refractivity contribution < 1.29 is 14.3 Å². The molecule has 2 aliphatic heterocycles. The van der Waals surface area contributed by atoms with Crippen LogP contribution in [0.25, 0.3) is 0 Å². The molecule has 4 rings (SSSR count). The molecule has 28 heavy (non-hydrogen) atoms. The number of rotatable bonds is 4. The van der Waals surface area contributed by atoms with Crippen LogP contribution in [0, 0.1) is 0 Å². The molecule has 8 nitrogen and oxygen atoms in total. The quantitative estimate of drug-likeness (QED) is 0.723. The van der Waals surface area contributed by atoms with Gasteiger partial charge in [-0.2, -0.15) is 0 Å². The number of nitrogens with zero attached hydrogens (tertiary/aromatic N) is 5. The fraction of sp³-hybridized carbons (Fsp3) is 0.263. The molecule has 0 atom stereocenters. The number of aromatic nitrogens is 2. The Morgan fingerprint density at radius 3 is 2.14 bits per heavy atom. The van der Waals surface area contributed by atoms with E-state index in [1.807, 2.05) is 9.80 Å². The summed E-state index contributed by atoms with van der Waals surface area (Å²) in [7, 11) is 1.55. The van der Waals surface area contributed by atoms with Gasteiger partial charge >= 0.3 is 0 Å². The summed E-state index contributed by atoms with van der Waals surface area (Å²) in [6.07, 6.45) is 3.39. The molecule has 0 unspecified atom stereocenters. The highest BCUT2D eigenvalue weighted by Crippen LogP contribution is 2.32. The second kappa shape index (κ2) is 7.47. The summed E-state index contributed by atoms with van der Waals surface area (Å²) in [5, 5.41) is -0.0507. The molecule has 0 bridgehead atoms. The van der Waals surface area contributed by atoms with E-state index in [0.717, 1.165) is 4.90 Å². The zero-order valence-corrected chi connectivity index (χ0v) is 16.0. The fourth-order valence-electron chi connectivity index (χ4n) is 3.32. The number of hydrogen-bond donors (Lipinski definition) is 0. The molecule has 0 N–H and O–H groups in total. The van der Waals surface area contributed by atoms with Crippen LogP contribution in [0.4, 0.5) is 11.6 Å². The van der Waals surface area contributed by atoms with Gasteiger partial charge in [-0.25, -0.2) is 14.9 Å². The number of hydrogen-bond acceptors (Lipinski definition) is 7. The molecule has 2 aromatic rings. The highest BCUT2D eigenvalue weighted by molar-refractivity contribution is 6.52. The van der Waals surface area contributed by atoms with Gasteiger partial charge in [-0.3, -0.25) is 9.59 Å². The lowest BCUT2D eigenvalue weighted by molar-refractivity contribution is -0.121. The van der Waals surface area contributed by atoms with E-state index in [1.54, 1.807) is 49.8 Å². The van der Waals surface area contributed by atoms with Gasteiger partial charge in [-0.05, 0) is 30.3 Å². The molecule has 1 saturated heterocycles. The van der Waals surface area contributed by atoms with Gasteiger partial charge in [0, 0.05) is 38.6 Å². The minimum absolute atomic E-state index is 0.0507. The molecule has 9 heteroatoms. The largest absolute Gasteiger partial charge is 0.497 e. The van der Waals surface area contributed by atoms with Crippen LogP contribution in [0.1, 0.15) is 0 Å². The minimum atomic E-state index is -0.513. The molecule has 144 valence electrons. The van der Waals surface area contributed by atoms with Gasteiger partial charge in [0.2, 0.25) is 5.95 Å². The molecule has 2 aliphatic rings. The number of benzene rings is 1. The third kappa shape index (κ3) is 3.16. The van der Waals surface area contributed by atoms with Crippen molar-refractivity contribution >= 4 is 35.1 Å². The minimum Gasteiger partial charge on any atom is -0.497 e. The van der Waals surface area contributed by atoms with Crippen molar-refractivity contribution in [1.29, 1.82) is 0 Å². The number of anilines is 2. The number of piperazine rings is 1. The number of ether oxygens (including phenoxy) is 1. The van der Waals surface area contributed by atoms with E-state index in [1.165, 1.54) is 0 Å². The number of methoxy groups -OCH3 is 1. The van der Waals surface area contributed by atoms with Gasteiger partial charge in [-0.15, -0.1) is 0 Å². The van der Waals surface area contributed by atoms with Gasteiger partial charge in [0.15, 0.2) is 0 Å². The van der Waals surface area contributed by atoms with Crippen molar-refractivity contribution in [1.82, 2.24) is 14.9 Å². The summed E-state index contributed by atoms with van der Waals surface area (Å²) in [6, 6.07) is 8.47. The molecule has 1 fully saturated rings. The van der Waals surface area contributed by atoms with Gasteiger partial charge < -0.3 is 14.5 Å². The highest BCUT2D eigenvalue weighted by Gasteiger charge is 2.42. The van der Waals surface area contributed by atoms with Gasteiger partial charge in [0.25, 0.3) is 11.8 Å². The Morgan fingerprint density at radius 2 is 1.54 bits per heavy atom.